The van der Waals surface area contributed by atoms with E-state index in [1.165, 1.54) is 35.4 Å². The average molecular weight is 464 g/mol. The fraction of sp³-hybridized carbons (Fsp3) is 0.296. The van der Waals surface area contributed by atoms with Gasteiger partial charge >= 0.3 is 0 Å². The second kappa shape index (κ2) is 11.0. The Balaban J connectivity index is 1.75. The van der Waals surface area contributed by atoms with Gasteiger partial charge in [-0.05, 0) is 48.7 Å². The van der Waals surface area contributed by atoms with Gasteiger partial charge < -0.3 is 10.2 Å². The number of nitrogens with one attached hydrogen (secondary N) is 1. The topological polar surface area (TPSA) is 62.3 Å². The molecule has 1 atom stereocenters. The molecule has 3 aromatic rings. The van der Waals surface area contributed by atoms with E-state index in [1.54, 1.807) is 42.5 Å². The van der Waals surface area contributed by atoms with Crippen LogP contribution in [0.3, 0.4) is 0 Å². The van der Waals surface area contributed by atoms with Gasteiger partial charge in [0, 0.05) is 24.3 Å². The third-order valence-electron chi connectivity index (χ3n) is 6.12. The van der Waals surface area contributed by atoms with E-state index in [0.29, 0.717) is 5.56 Å². The maximum absolute atomic E-state index is 15.0. The van der Waals surface area contributed by atoms with Gasteiger partial charge in [-0.1, -0.05) is 55.7 Å². The zero-order valence-corrected chi connectivity index (χ0v) is 18.8. The Bertz CT molecular complexity index is 1120. The number of halogens is 2. The molecule has 7 heteroatoms. The van der Waals surface area contributed by atoms with E-state index in [4.69, 9.17) is 0 Å². The van der Waals surface area contributed by atoms with Crippen LogP contribution >= 0.6 is 0 Å². The molecule has 1 aliphatic carbocycles. The van der Waals surface area contributed by atoms with Crippen LogP contribution in [0.4, 0.5) is 8.78 Å². The van der Waals surface area contributed by atoms with E-state index < -0.39 is 29.5 Å². The summed E-state index contributed by atoms with van der Waals surface area (Å²) in [5, 5.41) is 3.05. The van der Waals surface area contributed by atoms with Gasteiger partial charge in [0.2, 0.25) is 5.91 Å². The maximum atomic E-state index is 15.0. The van der Waals surface area contributed by atoms with Crippen LogP contribution in [0, 0.1) is 11.6 Å². The Morgan fingerprint density at radius 3 is 2.32 bits per heavy atom. The van der Waals surface area contributed by atoms with Crippen molar-refractivity contribution in [1.29, 1.82) is 0 Å². The van der Waals surface area contributed by atoms with Crippen LogP contribution in [0.5, 0.6) is 0 Å². The molecular formula is C27H27F2N3O2. The molecule has 0 spiro atoms. The molecule has 1 saturated carbocycles. The maximum Gasteiger partial charge on any atom is 0.273 e. The highest BCUT2D eigenvalue weighted by atomic mass is 19.1. The third-order valence-corrected chi connectivity index (χ3v) is 6.12. The zero-order valence-electron chi connectivity index (χ0n) is 18.8. The fourth-order valence-electron chi connectivity index (χ4n) is 4.38. The van der Waals surface area contributed by atoms with Crippen LogP contribution in [0.2, 0.25) is 0 Å². The number of carbonyl (C=O) groups excluding carboxylic acids is 2. The minimum Gasteiger partial charge on any atom is -0.351 e. The van der Waals surface area contributed by atoms with Crippen molar-refractivity contribution in [3.05, 3.63) is 101 Å². The Morgan fingerprint density at radius 1 is 0.941 bits per heavy atom. The van der Waals surface area contributed by atoms with Crippen LogP contribution in [0.15, 0.2) is 72.9 Å². The molecule has 2 aromatic carbocycles. The van der Waals surface area contributed by atoms with Gasteiger partial charge in [-0.25, -0.2) is 8.78 Å². The number of amides is 2. The number of hydrogen-bond donors (Lipinski definition) is 1. The molecular weight excluding hydrogens is 436 g/mol. The van der Waals surface area contributed by atoms with Crippen molar-refractivity contribution in [1.82, 2.24) is 15.2 Å². The molecule has 4 rings (SSSR count). The van der Waals surface area contributed by atoms with Crippen molar-refractivity contribution in [3.8, 4) is 0 Å². The minimum atomic E-state index is -1.22. The van der Waals surface area contributed by atoms with Crippen LogP contribution in [-0.4, -0.2) is 27.7 Å². The lowest BCUT2D eigenvalue weighted by Crippen LogP contribution is -2.47. The third kappa shape index (κ3) is 5.65. The number of hydrogen-bond acceptors (Lipinski definition) is 3. The summed E-state index contributed by atoms with van der Waals surface area (Å²) in [6.07, 6.45) is 6.34. The Labute approximate surface area is 197 Å². The van der Waals surface area contributed by atoms with Crippen molar-refractivity contribution in [2.45, 2.75) is 50.7 Å². The average Bonchev–Trinajstić information content (AvgIpc) is 2.86. The van der Waals surface area contributed by atoms with Gasteiger partial charge in [-0.2, -0.15) is 0 Å². The van der Waals surface area contributed by atoms with Gasteiger partial charge in [0.05, 0.1) is 0 Å². The molecule has 1 heterocycles. The van der Waals surface area contributed by atoms with Gasteiger partial charge in [0.1, 0.15) is 23.4 Å². The van der Waals surface area contributed by atoms with Gasteiger partial charge in [-0.3, -0.25) is 14.6 Å². The molecule has 1 aliphatic rings. The minimum absolute atomic E-state index is 0.0202. The summed E-state index contributed by atoms with van der Waals surface area (Å²) in [5.41, 5.74) is 0.844. The van der Waals surface area contributed by atoms with Crippen LogP contribution in [0.25, 0.3) is 0 Å². The zero-order chi connectivity index (χ0) is 23.9. The second-order valence-electron chi connectivity index (χ2n) is 8.54. The second-order valence-corrected chi connectivity index (χ2v) is 8.54. The Kier molecular flexibility index (Phi) is 7.62. The van der Waals surface area contributed by atoms with Gasteiger partial charge in [0.15, 0.2) is 0 Å². The molecule has 0 aliphatic heterocycles. The van der Waals surface area contributed by atoms with Gasteiger partial charge in [-0.15, -0.1) is 0 Å². The van der Waals surface area contributed by atoms with Crippen molar-refractivity contribution >= 4 is 11.8 Å². The largest absolute Gasteiger partial charge is 0.351 e. The Hall–Kier alpha value is -3.61. The van der Waals surface area contributed by atoms with Gasteiger partial charge in [0.25, 0.3) is 5.91 Å². The summed E-state index contributed by atoms with van der Waals surface area (Å²) in [7, 11) is 0. The summed E-state index contributed by atoms with van der Waals surface area (Å²) >= 11 is 0. The van der Waals surface area contributed by atoms with Crippen molar-refractivity contribution in [3.63, 3.8) is 0 Å². The normalized spacial score (nSPS) is 14.9. The molecule has 1 aromatic heterocycles. The van der Waals surface area contributed by atoms with Crippen LogP contribution < -0.4 is 5.32 Å². The molecule has 0 unspecified atom stereocenters. The van der Waals surface area contributed by atoms with Crippen molar-refractivity contribution in [2.75, 3.05) is 0 Å². The van der Waals surface area contributed by atoms with E-state index >= 15 is 4.39 Å². The molecule has 176 valence electrons. The first-order chi connectivity index (χ1) is 16.5. The van der Waals surface area contributed by atoms with E-state index in [2.05, 4.69) is 10.3 Å². The molecule has 2 amide bonds. The summed E-state index contributed by atoms with van der Waals surface area (Å²) in [6.45, 7) is -0.0211. The van der Waals surface area contributed by atoms with E-state index in [9.17, 15) is 14.0 Å². The van der Waals surface area contributed by atoms with E-state index in [1.807, 2.05) is 0 Å². The van der Waals surface area contributed by atoms with Crippen LogP contribution in [0.1, 0.15) is 59.8 Å². The summed E-state index contributed by atoms with van der Waals surface area (Å²) in [5.74, 6) is -1.95. The first-order valence-corrected chi connectivity index (χ1v) is 11.5. The number of rotatable bonds is 7. The molecule has 5 nitrogen and oxygen atoms in total. The highest BCUT2D eigenvalue weighted by Crippen LogP contribution is 2.28. The number of benzene rings is 2. The van der Waals surface area contributed by atoms with E-state index in [-0.39, 0.29) is 23.8 Å². The first-order valence-electron chi connectivity index (χ1n) is 11.5. The molecule has 1 fully saturated rings. The SMILES string of the molecule is O=C(NC1CCCCC1)[C@H](c1ccccc1F)N(Cc1ccc(F)cc1)C(=O)c1ccccn1. The summed E-state index contributed by atoms with van der Waals surface area (Å²) < 4.78 is 28.5. The first kappa shape index (κ1) is 23.5. The highest BCUT2D eigenvalue weighted by molar-refractivity contribution is 5.96. The van der Waals surface area contributed by atoms with E-state index in [0.717, 1.165) is 32.1 Å². The highest BCUT2D eigenvalue weighted by Gasteiger charge is 2.35. The fourth-order valence-corrected chi connectivity index (χ4v) is 4.38. The lowest BCUT2D eigenvalue weighted by Gasteiger charge is -2.33. The predicted molar refractivity (Wildman–Crippen MR) is 125 cm³/mol. The van der Waals surface area contributed by atoms with Crippen LogP contribution in [-0.2, 0) is 11.3 Å². The number of aromatic nitrogens is 1. The molecule has 1 N–H and O–H groups in total. The molecule has 34 heavy (non-hydrogen) atoms. The summed E-state index contributed by atoms with van der Waals surface area (Å²) in [4.78, 5) is 32.7. The molecule has 0 radical (unpaired) electrons. The predicted octanol–water partition coefficient (Wildman–Crippen LogP) is 5.19. The number of pyridine rings is 1. The molecule has 0 bridgehead atoms. The number of nitrogens with zero attached hydrogens (tertiary/aromatic N) is 2. The monoisotopic (exact) mass is 463 g/mol. The van der Waals surface area contributed by atoms with Crippen molar-refractivity contribution < 1.29 is 18.4 Å². The Morgan fingerprint density at radius 2 is 1.65 bits per heavy atom. The standard InChI is InChI=1S/C27H27F2N3O2/c28-20-15-13-19(14-16-20)18-32(27(34)24-12-6-7-17-30-24)25(22-10-4-5-11-23(22)29)26(33)31-21-8-2-1-3-9-21/h4-7,10-17,21,25H,1-3,8-9,18H2,(H,31,33)/t25-/m0/s1. The number of carbonyl (C=O) groups is 2. The summed E-state index contributed by atoms with van der Waals surface area (Å²) in [6, 6.07) is 15.3. The quantitative estimate of drug-likeness (QED) is 0.524. The van der Waals surface area contributed by atoms with Crippen molar-refractivity contribution in [2.24, 2.45) is 0 Å². The lowest BCUT2D eigenvalue weighted by atomic mass is 9.94. The molecule has 0 saturated heterocycles. The lowest BCUT2D eigenvalue weighted by molar-refractivity contribution is -0.127. The smallest absolute Gasteiger partial charge is 0.273 e.